The van der Waals surface area contributed by atoms with Crippen molar-refractivity contribution in [3.05, 3.63) is 41.9 Å². The van der Waals surface area contributed by atoms with Gasteiger partial charge in [-0.25, -0.2) is 4.98 Å². The summed E-state index contributed by atoms with van der Waals surface area (Å²) in [6.45, 7) is 8.20. The first-order chi connectivity index (χ1) is 15.8. The molecule has 4 rings (SSSR count). The molecule has 33 heavy (non-hydrogen) atoms. The van der Waals surface area contributed by atoms with Crippen LogP contribution in [0.4, 0.5) is 5.82 Å². The van der Waals surface area contributed by atoms with Crippen molar-refractivity contribution in [2.45, 2.75) is 65.0 Å². The van der Waals surface area contributed by atoms with Crippen molar-refractivity contribution in [1.29, 1.82) is 0 Å². The standard InChI is InChI=1S/C25H34N4O4/c1-25(2,3)33-24(31)29-8-4-5-19-12-21(16-27-22(19)29)20-11-17(13-26-15-20)14-28-23(30)18-6-9-32-10-7-18/h11-13,15-16,18,24,31H,4-10,14H2,1-3H3,(H,28,30). The highest BCUT2D eigenvalue weighted by atomic mass is 16.6. The van der Waals surface area contributed by atoms with Gasteiger partial charge in [-0.3, -0.25) is 9.78 Å². The first-order valence-corrected chi connectivity index (χ1v) is 11.7. The molecule has 2 N–H and O–H groups in total. The average Bonchev–Trinajstić information content (AvgIpc) is 2.81. The van der Waals surface area contributed by atoms with Crippen LogP contribution in [0.5, 0.6) is 0 Å². The molecule has 2 aliphatic heterocycles. The molecule has 1 unspecified atom stereocenters. The second-order valence-corrected chi connectivity index (χ2v) is 9.75. The van der Waals surface area contributed by atoms with Gasteiger partial charge in [-0.15, -0.1) is 0 Å². The molecule has 4 heterocycles. The highest BCUT2D eigenvalue weighted by molar-refractivity contribution is 5.78. The van der Waals surface area contributed by atoms with Gasteiger partial charge >= 0.3 is 0 Å². The molecule has 2 aromatic rings. The van der Waals surface area contributed by atoms with Crippen LogP contribution in [0.1, 0.15) is 51.2 Å². The predicted molar refractivity (Wildman–Crippen MR) is 125 cm³/mol. The van der Waals surface area contributed by atoms with Gasteiger partial charge in [0.25, 0.3) is 0 Å². The molecular formula is C25H34N4O4. The van der Waals surface area contributed by atoms with E-state index in [-0.39, 0.29) is 11.8 Å². The first-order valence-electron chi connectivity index (χ1n) is 11.7. The molecule has 0 aromatic carbocycles. The van der Waals surface area contributed by atoms with Crippen LogP contribution in [0.25, 0.3) is 11.1 Å². The van der Waals surface area contributed by atoms with Gasteiger partial charge in [-0.1, -0.05) is 0 Å². The van der Waals surface area contributed by atoms with Crippen LogP contribution in [0.2, 0.25) is 0 Å². The maximum atomic E-state index is 12.4. The molecular weight excluding hydrogens is 420 g/mol. The number of nitrogens with zero attached hydrogens (tertiary/aromatic N) is 3. The van der Waals surface area contributed by atoms with Crippen molar-refractivity contribution < 1.29 is 19.4 Å². The van der Waals surface area contributed by atoms with E-state index in [4.69, 9.17) is 9.47 Å². The fraction of sp³-hybridized carbons (Fsp3) is 0.560. The minimum absolute atomic E-state index is 0.0281. The average molecular weight is 455 g/mol. The predicted octanol–water partition coefficient (Wildman–Crippen LogP) is 3.03. The third-order valence-corrected chi connectivity index (χ3v) is 5.97. The molecule has 0 saturated carbocycles. The number of aliphatic hydroxyl groups is 1. The molecule has 8 nitrogen and oxygen atoms in total. The molecule has 0 radical (unpaired) electrons. The quantitative estimate of drug-likeness (QED) is 0.648. The van der Waals surface area contributed by atoms with Gasteiger partial charge in [0.05, 0.1) is 5.60 Å². The Hall–Kier alpha value is -2.55. The van der Waals surface area contributed by atoms with Crippen LogP contribution in [0, 0.1) is 5.92 Å². The number of hydrogen-bond acceptors (Lipinski definition) is 7. The summed E-state index contributed by atoms with van der Waals surface area (Å²) in [7, 11) is 0. The van der Waals surface area contributed by atoms with Crippen LogP contribution in [0.15, 0.2) is 30.7 Å². The number of fused-ring (bicyclic) bond motifs is 1. The fourth-order valence-electron chi connectivity index (χ4n) is 4.28. The minimum atomic E-state index is -1.04. The van der Waals surface area contributed by atoms with Gasteiger partial charge in [-0.05, 0) is 69.7 Å². The monoisotopic (exact) mass is 454 g/mol. The van der Waals surface area contributed by atoms with E-state index >= 15 is 0 Å². The highest BCUT2D eigenvalue weighted by Crippen LogP contribution is 2.31. The topological polar surface area (TPSA) is 96.8 Å². The number of carbonyl (C=O) groups excluding carboxylic acids is 1. The van der Waals surface area contributed by atoms with E-state index in [1.54, 1.807) is 6.20 Å². The third kappa shape index (κ3) is 6.07. The number of aliphatic hydroxyl groups excluding tert-OH is 1. The maximum Gasteiger partial charge on any atom is 0.239 e. The number of aromatic nitrogens is 2. The van der Waals surface area contributed by atoms with Crippen LogP contribution in [-0.4, -0.2) is 52.8 Å². The van der Waals surface area contributed by atoms with Crippen LogP contribution in [-0.2, 0) is 27.2 Å². The van der Waals surface area contributed by atoms with E-state index in [0.29, 0.717) is 26.3 Å². The normalized spacial score (nSPS) is 18.0. The Labute approximate surface area is 195 Å². The number of pyridine rings is 2. The van der Waals surface area contributed by atoms with Crippen LogP contribution in [0.3, 0.4) is 0 Å². The number of amides is 1. The van der Waals surface area contributed by atoms with E-state index in [1.165, 1.54) is 0 Å². The smallest absolute Gasteiger partial charge is 0.239 e. The number of anilines is 1. The molecule has 0 aliphatic carbocycles. The fourth-order valence-corrected chi connectivity index (χ4v) is 4.28. The second kappa shape index (κ2) is 10.2. The molecule has 1 saturated heterocycles. The lowest BCUT2D eigenvalue weighted by Crippen LogP contribution is -2.44. The zero-order valence-electron chi connectivity index (χ0n) is 19.7. The summed E-state index contributed by atoms with van der Waals surface area (Å²) in [6.07, 6.45) is 7.72. The summed E-state index contributed by atoms with van der Waals surface area (Å²) in [6, 6.07) is 4.15. The molecule has 2 aromatic heterocycles. The molecule has 1 fully saturated rings. The van der Waals surface area contributed by atoms with Crippen molar-refractivity contribution in [1.82, 2.24) is 15.3 Å². The SMILES string of the molecule is CC(C)(C)OC(O)N1CCCc2cc(-c3cncc(CNC(=O)C4CCOCC4)c3)cnc21. The number of carbonyl (C=O) groups is 1. The molecule has 1 amide bonds. The van der Waals surface area contributed by atoms with Crippen molar-refractivity contribution >= 4 is 11.7 Å². The summed E-state index contributed by atoms with van der Waals surface area (Å²) in [5.74, 6) is 0.866. The molecule has 2 aliphatic rings. The van der Waals surface area contributed by atoms with Crippen molar-refractivity contribution in [3.8, 4) is 11.1 Å². The molecule has 1 atom stereocenters. The lowest BCUT2D eigenvalue weighted by atomic mass is 9.99. The van der Waals surface area contributed by atoms with E-state index in [2.05, 4.69) is 21.4 Å². The lowest BCUT2D eigenvalue weighted by molar-refractivity contribution is -0.165. The van der Waals surface area contributed by atoms with E-state index in [9.17, 15) is 9.90 Å². The Balaban J connectivity index is 1.46. The second-order valence-electron chi connectivity index (χ2n) is 9.75. The number of hydrogen-bond donors (Lipinski definition) is 2. The zero-order valence-corrected chi connectivity index (χ0v) is 19.7. The zero-order chi connectivity index (χ0) is 23.4. The van der Waals surface area contributed by atoms with Crippen LogP contribution < -0.4 is 10.2 Å². The molecule has 178 valence electrons. The van der Waals surface area contributed by atoms with Gasteiger partial charge in [0, 0.05) is 61.9 Å². The van der Waals surface area contributed by atoms with Crippen molar-refractivity contribution in [3.63, 3.8) is 0 Å². The lowest BCUT2D eigenvalue weighted by Gasteiger charge is -2.36. The number of ether oxygens (including phenoxy) is 2. The summed E-state index contributed by atoms with van der Waals surface area (Å²) in [5, 5.41) is 13.6. The highest BCUT2D eigenvalue weighted by Gasteiger charge is 2.28. The Morgan fingerprint density at radius 2 is 2.00 bits per heavy atom. The van der Waals surface area contributed by atoms with Gasteiger partial charge in [0.15, 0.2) is 0 Å². The summed E-state index contributed by atoms with van der Waals surface area (Å²) in [5.41, 5.74) is 3.48. The van der Waals surface area contributed by atoms with Gasteiger partial charge in [-0.2, -0.15) is 0 Å². The Bertz CT molecular complexity index is 969. The van der Waals surface area contributed by atoms with E-state index < -0.39 is 12.0 Å². The summed E-state index contributed by atoms with van der Waals surface area (Å²) < 4.78 is 11.1. The first kappa shape index (κ1) is 23.6. The largest absolute Gasteiger partial charge is 0.381 e. The van der Waals surface area contributed by atoms with Crippen molar-refractivity contribution in [2.75, 3.05) is 24.7 Å². The Morgan fingerprint density at radius 1 is 1.24 bits per heavy atom. The van der Waals surface area contributed by atoms with Gasteiger partial charge < -0.3 is 24.8 Å². The van der Waals surface area contributed by atoms with E-state index in [1.807, 2.05) is 44.1 Å². The number of aryl methyl sites for hydroxylation is 1. The minimum Gasteiger partial charge on any atom is -0.381 e. The van der Waals surface area contributed by atoms with Gasteiger partial charge in [0.2, 0.25) is 12.3 Å². The maximum absolute atomic E-state index is 12.4. The number of nitrogens with one attached hydrogen (secondary N) is 1. The summed E-state index contributed by atoms with van der Waals surface area (Å²) in [4.78, 5) is 23.3. The van der Waals surface area contributed by atoms with Crippen molar-refractivity contribution in [2.24, 2.45) is 5.92 Å². The summed E-state index contributed by atoms with van der Waals surface area (Å²) >= 11 is 0. The Kier molecular flexibility index (Phi) is 7.26. The Morgan fingerprint density at radius 3 is 2.76 bits per heavy atom. The molecule has 0 bridgehead atoms. The van der Waals surface area contributed by atoms with E-state index in [0.717, 1.165) is 53.8 Å². The molecule has 0 spiro atoms. The third-order valence-electron chi connectivity index (χ3n) is 5.97. The number of rotatable bonds is 6. The molecule has 8 heteroatoms. The van der Waals surface area contributed by atoms with Gasteiger partial charge in [0.1, 0.15) is 5.82 Å². The van der Waals surface area contributed by atoms with Crippen LogP contribution >= 0.6 is 0 Å².